The van der Waals surface area contributed by atoms with Gasteiger partial charge < -0.3 is 18.9 Å². The molecule has 23 heavy (non-hydrogen) atoms. The maximum Gasteiger partial charge on any atom is 0.163 e. The van der Waals surface area contributed by atoms with E-state index in [-0.39, 0.29) is 0 Å². The number of hydrogen-bond acceptors (Lipinski definition) is 4. The Bertz CT molecular complexity index is 637. The number of ether oxygens (including phenoxy) is 4. The van der Waals surface area contributed by atoms with E-state index in [0.29, 0.717) is 13.2 Å². The van der Waals surface area contributed by atoms with Crippen molar-refractivity contribution in [2.24, 2.45) is 0 Å². The first-order valence-corrected chi connectivity index (χ1v) is 7.75. The highest BCUT2D eigenvalue weighted by molar-refractivity contribution is 5.46. The molecule has 0 radical (unpaired) electrons. The van der Waals surface area contributed by atoms with Crippen LogP contribution in [0.2, 0.25) is 0 Å². The van der Waals surface area contributed by atoms with E-state index in [0.717, 1.165) is 40.5 Å². The summed E-state index contributed by atoms with van der Waals surface area (Å²) in [5.41, 5.74) is 2.25. The second-order valence-electron chi connectivity index (χ2n) is 5.15. The molecule has 0 aliphatic rings. The van der Waals surface area contributed by atoms with Gasteiger partial charge in [0.15, 0.2) is 23.0 Å². The van der Waals surface area contributed by atoms with Crippen LogP contribution in [-0.4, -0.2) is 27.4 Å². The summed E-state index contributed by atoms with van der Waals surface area (Å²) in [4.78, 5) is 0. The molecule has 0 unspecified atom stereocenters. The maximum atomic E-state index is 5.81. The molecule has 0 fully saturated rings. The van der Waals surface area contributed by atoms with Crippen LogP contribution in [0.5, 0.6) is 23.0 Å². The van der Waals surface area contributed by atoms with Crippen molar-refractivity contribution in [1.82, 2.24) is 0 Å². The predicted octanol–water partition coefficient (Wildman–Crippen LogP) is 4.03. The molecule has 0 aromatic heterocycles. The number of rotatable bonds is 8. The zero-order valence-corrected chi connectivity index (χ0v) is 14.2. The van der Waals surface area contributed by atoms with Crippen LogP contribution in [0.15, 0.2) is 36.4 Å². The standard InChI is InChI=1S/C19H24O4/c1-5-15-7-6-8-17(19(15)21-4)22-11-12-23-18-13-14(2)9-10-16(18)20-3/h6-10,13H,5,11-12H2,1-4H3. The van der Waals surface area contributed by atoms with Crippen LogP contribution in [0, 0.1) is 6.92 Å². The largest absolute Gasteiger partial charge is 0.493 e. The molecule has 4 nitrogen and oxygen atoms in total. The molecule has 0 saturated carbocycles. The van der Waals surface area contributed by atoms with Crippen molar-refractivity contribution in [2.45, 2.75) is 20.3 Å². The Labute approximate surface area is 137 Å². The monoisotopic (exact) mass is 316 g/mol. The minimum Gasteiger partial charge on any atom is -0.493 e. The van der Waals surface area contributed by atoms with Gasteiger partial charge in [-0.3, -0.25) is 0 Å². The number of benzene rings is 2. The van der Waals surface area contributed by atoms with Gasteiger partial charge in [-0.15, -0.1) is 0 Å². The average Bonchev–Trinajstić information content (AvgIpc) is 2.58. The quantitative estimate of drug-likeness (QED) is 0.689. The molecule has 0 aliphatic carbocycles. The van der Waals surface area contributed by atoms with E-state index in [9.17, 15) is 0 Å². The Kier molecular flexibility index (Phi) is 6.15. The second-order valence-corrected chi connectivity index (χ2v) is 5.15. The van der Waals surface area contributed by atoms with Crippen LogP contribution in [0.25, 0.3) is 0 Å². The molecule has 0 atom stereocenters. The number of hydrogen-bond donors (Lipinski definition) is 0. The normalized spacial score (nSPS) is 10.3. The van der Waals surface area contributed by atoms with Gasteiger partial charge in [0.25, 0.3) is 0 Å². The molecule has 0 bridgehead atoms. The number of para-hydroxylation sites is 1. The van der Waals surface area contributed by atoms with E-state index in [1.54, 1.807) is 14.2 Å². The predicted molar refractivity (Wildman–Crippen MR) is 91.1 cm³/mol. The first kappa shape index (κ1) is 17.0. The summed E-state index contributed by atoms with van der Waals surface area (Å²) >= 11 is 0. The molecule has 0 saturated heterocycles. The molecule has 4 heteroatoms. The zero-order chi connectivity index (χ0) is 16.7. The van der Waals surface area contributed by atoms with Crippen LogP contribution in [0.3, 0.4) is 0 Å². The lowest BCUT2D eigenvalue weighted by Crippen LogP contribution is -2.10. The summed E-state index contributed by atoms with van der Waals surface area (Å²) in [5, 5.41) is 0. The van der Waals surface area contributed by atoms with Crippen molar-refractivity contribution in [2.75, 3.05) is 27.4 Å². The Morgan fingerprint density at radius 2 is 1.57 bits per heavy atom. The van der Waals surface area contributed by atoms with E-state index in [2.05, 4.69) is 6.92 Å². The molecule has 0 spiro atoms. The van der Waals surface area contributed by atoms with Gasteiger partial charge in [0.2, 0.25) is 0 Å². The highest BCUT2D eigenvalue weighted by Gasteiger charge is 2.09. The van der Waals surface area contributed by atoms with Crippen molar-refractivity contribution in [3.63, 3.8) is 0 Å². The van der Waals surface area contributed by atoms with Crippen LogP contribution < -0.4 is 18.9 Å². The van der Waals surface area contributed by atoms with Gasteiger partial charge in [-0.25, -0.2) is 0 Å². The summed E-state index contributed by atoms with van der Waals surface area (Å²) in [6, 6.07) is 11.8. The fourth-order valence-corrected chi connectivity index (χ4v) is 2.39. The third-order valence-electron chi connectivity index (χ3n) is 3.56. The Balaban J connectivity index is 1.95. The van der Waals surface area contributed by atoms with E-state index < -0.39 is 0 Å². The SMILES string of the molecule is CCc1cccc(OCCOc2cc(C)ccc2OC)c1OC. The Morgan fingerprint density at radius 3 is 2.22 bits per heavy atom. The highest BCUT2D eigenvalue weighted by atomic mass is 16.5. The van der Waals surface area contributed by atoms with Gasteiger partial charge >= 0.3 is 0 Å². The average molecular weight is 316 g/mol. The lowest BCUT2D eigenvalue weighted by Gasteiger charge is -2.15. The molecule has 2 aromatic rings. The molecule has 124 valence electrons. The van der Waals surface area contributed by atoms with Crippen LogP contribution in [-0.2, 0) is 6.42 Å². The lowest BCUT2D eigenvalue weighted by atomic mass is 10.1. The van der Waals surface area contributed by atoms with E-state index in [4.69, 9.17) is 18.9 Å². The zero-order valence-electron chi connectivity index (χ0n) is 14.2. The molecule has 2 rings (SSSR count). The molecule has 0 amide bonds. The molecular formula is C19H24O4. The van der Waals surface area contributed by atoms with E-state index in [1.165, 1.54) is 0 Å². The molecular weight excluding hydrogens is 292 g/mol. The van der Waals surface area contributed by atoms with Crippen molar-refractivity contribution in [1.29, 1.82) is 0 Å². The van der Waals surface area contributed by atoms with Crippen LogP contribution >= 0.6 is 0 Å². The van der Waals surface area contributed by atoms with Gasteiger partial charge in [-0.2, -0.15) is 0 Å². The lowest BCUT2D eigenvalue weighted by molar-refractivity contribution is 0.206. The molecule has 2 aromatic carbocycles. The highest BCUT2D eigenvalue weighted by Crippen LogP contribution is 2.31. The van der Waals surface area contributed by atoms with E-state index >= 15 is 0 Å². The van der Waals surface area contributed by atoms with Crippen LogP contribution in [0.4, 0.5) is 0 Å². The van der Waals surface area contributed by atoms with Crippen molar-refractivity contribution in [3.05, 3.63) is 47.5 Å². The van der Waals surface area contributed by atoms with Gasteiger partial charge in [-0.05, 0) is 42.7 Å². The molecule has 0 N–H and O–H groups in total. The first-order chi connectivity index (χ1) is 11.2. The van der Waals surface area contributed by atoms with Gasteiger partial charge in [0.05, 0.1) is 14.2 Å². The summed E-state index contributed by atoms with van der Waals surface area (Å²) < 4.78 is 22.3. The van der Waals surface area contributed by atoms with Crippen LogP contribution in [0.1, 0.15) is 18.1 Å². The van der Waals surface area contributed by atoms with Gasteiger partial charge in [0.1, 0.15) is 13.2 Å². The van der Waals surface area contributed by atoms with Crippen molar-refractivity contribution >= 4 is 0 Å². The Hall–Kier alpha value is -2.36. The van der Waals surface area contributed by atoms with E-state index in [1.807, 2.05) is 43.3 Å². The second kappa shape index (κ2) is 8.32. The van der Waals surface area contributed by atoms with Gasteiger partial charge in [0, 0.05) is 0 Å². The minimum atomic E-state index is 0.430. The summed E-state index contributed by atoms with van der Waals surface area (Å²) in [6.07, 6.45) is 0.900. The molecule has 0 aliphatic heterocycles. The summed E-state index contributed by atoms with van der Waals surface area (Å²) in [6.45, 7) is 4.97. The summed E-state index contributed by atoms with van der Waals surface area (Å²) in [5.74, 6) is 2.99. The fraction of sp³-hybridized carbons (Fsp3) is 0.368. The van der Waals surface area contributed by atoms with Gasteiger partial charge in [-0.1, -0.05) is 25.1 Å². The number of aryl methyl sites for hydroxylation is 2. The summed E-state index contributed by atoms with van der Waals surface area (Å²) in [7, 11) is 3.30. The molecule has 0 heterocycles. The first-order valence-electron chi connectivity index (χ1n) is 7.75. The Morgan fingerprint density at radius 1 is 0.826 bits per heavy atom. The van der Waals surface area contributed by atoms with Crippen molar-refractivity contribution < 1.29 is 18.9 Å². The van der Waals surface area contributed by atoms with Crippen molar-refractivity contribution in [3.8, 4) is 23.0 Å². The fourth-order valence-electron chi connectivity index (χ4n) is 2.39. The maximum absolute atomic E-state index is 5.81. The topological polar surface area (TPSA) is 36.9 Å². The third-order valence-corrected chi connectivity index (χ3v) is 3.56. The third kappa shape index (κ3) is 4.31. The smallest absolute Gasteiger partial charge is 0.163 e. The minimum absolute atomic E-state index is 0.430. The number of methoxy groups -OCH3 is 2.